The maximum Gasteiger partial charge on any atom is 0.244 e. The third-order valence-corrected chi connectivity index (χ3v) is 3.73. The van der Waals surface area contributed by atoms with Gasteiger partial charge in [0.05, 0.1) is 0 Å². The monoisotopic (exact) mass is 346 g/mol. The van der Waals surface area contributed by atoms with Crippen LogP contribution in [0.25, 0.3) is 0 Å². The lowest BCUT2D eigenvalue weighted by Crippen LogP contribution is -2.36. The number of benzene rings is 2. The number of hydrogen-bond acceptors (Lipinski definition) is 4. The van der Waals surface area contributed by atoms with Gasteiger partial charge in [-0.05, 0) is 36.4 Å². The molecule has 7 heteroatoms. The molecule has 0 bridgehead atoms. The van der Waals surface area contributed by atoms with E-state index in [1.54, 1.807) is 42.5 Å². The van der Waals surface area contributed by atoms with Gasteiger partial charge < -0.3 is 19.7 Å². The van der Waals surface area contributed by atoms with Crippen LogP contribution in [0, 0.1) is 0 Å². The van der Waals surface area contributed by atoms with E-state index >= 15 is 0 Å². The first-order chi connectivity index (χ1) is 11.5. The Hall–Kier alpha value is -2.73. The molecule has 2 aromatic rings. The fourth-order valence-electron chi connectivity index (χ4n) is 2.31. The zero-order valence-corrected chi connectivity index (χ0v) is 13.7. The first-order valence-electron chi connectivity index (χ1n) is 7.26. The van der Waals surface area contributed by atoms with Gasteiger partial charge in [-0.1, -0.05) is 11.6 Å². The van der Waals surface area contributed by atoms with Crippen LogP contribution in [0.3, 0.4) is 0 Å². The molecule has 0 saturated heterocycles. The summed E-state index contributed by atoms with van der Waals surface area (Å²) in [5.41, 5.74) is 1.18. The lowest BCUT2D eigenvalue weighted by molar-refractivity contribution is -0.120. The molecule has 0 aliphatic carbocycles. The number of nitrogens with zero attached hydrogens (tertiary/aromatic N) is 1. The van der Waals surface area contributed by atoms with Gasteiger partial charge in [-0.3, -0.25) is 9.59 Å². The highest BCUT2D eigenvalue weighted by atomic mass is 35.5. The first kappa shape index (κ1) is 16.1. The topological polar surface area (TPSA) is 67.9 Å². The smallest absolute Gasteiger partial charge is 0.244 e. The van der Waals surface area contributed by atoms with Crippen LogP contribution in [0.4, 0.5) is 11.4 Å². The number of nitrogens with one attached hydrogen (secondary N) is 1. The summed E-state index contributed by atoms with van der Waals surface area (Å²) in [7, 11) is 0. The van der Waals surface area contributed by atoms with E-state index in [2.05, 4.69) is 5.32 Å². The predicted molar refractivity (Wildman–Crippen MR) is 90.7 cm³/mol. The Bertz CT molecular complexity index is 777. The van der Waals surface area contributed by atoms with Gasteiger partial charge in [0.2, 0.25) is 18.6 Å². The number of hydrogen-bond donors (Lipinski definition) is 1. The molecular weight excluding hydrogens is 332 g/mol. The average molecular weight is 347 g/mol. The lowest BCUT2D eigenvalue weighted by Gasteiger charge is -2.21. The quantitative estimate of drug-likeness (QED) is 0.923. The van der Waals surface area contributed by atoms with Crippen LogP contribution in [0.2, 0.25) is 5.02 Å². The molecule has 0 unspecified atom stereocenters. The van der Waals surface area contributed by atoms with Crippen molar-refractivity contribution in [1.82, 2.24) is 0 Å². The van der Waals surface area contributed by atoms with Crippen molar-refractivity contribution in [2.45, 2.75) is 6.92 Å². The third-order valence-electron chi connectivity index (χ3n) is 3.48. The summed E-state index contributed by atoms with van der Waals surface area (Å²) < 4.78 is 10.6. The first-order valence-corrected chi connectivity index (χ1v) is 7.64. The standard InChI is InChI=1S/C17H15ClN2O4/c1-11(21)20(14-6-7-15-16(8-14)24-10-23-15)9-17(22)19-13-4-2-12(18)3-5-13/h2-8H,9-10H2,1H3,(H,19,22). The highest BCUT2D eigenvalue weighted by molar-refractivity contribution is 6.30. The number of fused-ring (bicyclic) bond motifs is 1. The summed E-state index contributed by atoms with van der Waals surface area (Å²) in [5, 5.41) is 3.31. The van der Waals surface area contributed by atoms with Crippen molar-refractivity contribution in [3.05, 3.63) is 47.5 Å². The summed E-state index contributed by atoms with van der Waals surface area (Å²) in [6.07, 6.45) is 0. The van der Waals surface area contributed by atoms with Crippen molar-refractivity contribution >= 4 is 34.8 Å². The summed E-state index contributed by atoms with van der Waals surface area (Å²) in [4.78, 5) is 25.5. The molecule has 2 aromatic carbocycles. The third kappa shape index (κ3) is 3.60. The van der Waals surface area contributed by atoms with Crippen LogP contribution in [0.1, 0.15) is 6.92 Å². The van der Waals surface area contributed by atoms with Crippen LogP contribution >= 0.6 is 11.6 Å². The molecule has 0 spiro atoms. The molecule has 6 nitrogen and oxygen atoms in total. The van der Waals surface area contributed by atoms with E-state index in [9.17, 15) is 9.59 Å². The van der Waals surface area contributed by atoms with Gasteiger partial charge in [-0.2, -0.15) is 0 Å². The summed E-state index contributed by atoms with van der Waals surface area (Å²) in [6, 6.07) is 11.8. The van der Waals surface area contributed by atoms with Crippen molar-refractivity contribution in [1.29, 1.82) is 0 Å². The Balaban J connectivity index is 1.73. The minimum atomic E-state index is -0.315. The largest absolute Gasteiger partial charge is 0.454 e. The molecule has 0 saturated carbocycles. The molecule has 0 atom stereocenters. The minimum Gasteiger partial charge on any atom is -0.454 e. The molecule has 0 aromatic heterocycles. The maximum absolute atomic E-state index is 12.2. The number of ether oxygens (including phenoxy) is 2. The predicted octanol–water partition coefficient (Wildman–Crippen LogP) is 3.06. The van der Waals surface area contributed by atoms with Crippen LogP contribution in [-0.2, 0) is 9.59 Å². The number of halogens is 1. The van der Waals surface area contributed by atoms with E-state index < -0.39 is 0 Å². The van der Waals surface area contributed by atoms with Crippen LogP contribution in [-0.4, -0.2) is 25.2 Å². The van der Waals surface area contributed by atoms with Crippen LogP contribution in [0.5, 0.6) is 11.5 Å². The van der Waals surface area contributed by atoms with Crippen molar-refractivity contribution in [3.8, 4) is 11.5 Å². The minimum absolute atomic E-state index is 0.113. The molecule has 0 radical (unpaired) electrons. The molecule has 2 amide bonds. The molecule has 124 valence electrons. The second-order valence-electron chi connectivity index (χ2n) is 5.20. The van der Waals surface area contributed by atoms with E-state index in [4.69, 9.17) is 21.1 Å². The van der Waals surface area contributed by atoms with Gasteiger partial charge in [-0.15, -0.1) is 0 Å². The zero-order valence-electron chi connectivity index (χ0n) is 12.9. The second-order valence-corrected chi connectivity index (χ2v) is 5.63. The van der Waals surface area contributed by atoms with E-state index in [1.165, 1.54) is 11.8 Å². The second kappa shape index (κ2) is 6.80. The van der Waals surface area contributed by atoms with E-state index in [0.717, 1.165) is 0 Å². The number of carbonyl (C=O) groups is 2. The van der Waals surface area contributed by atoms with Gasteiger partial charge in [-0.25, -0.2) is 0 Å². The fourth-order valence-corrected chi connectivity index (χ4v) is 2.44. The maximum atomic E-state index is 12.2. The molecule has 1 aliphatic rings. The normalized spacial score (nSPS) is 11.9. The molecule has 24 heavy (non-hydrogen) atoms. The highest BCUT2D eigenvalue weighted by Gasteiger charge is 2.20. The van der Waals surface area contributed by atoms with Crippen molar-refractivity contribution in [3.63, 3.8) is 0 Å². The van der Waals surface area contributed by atoms with Gasteiger partial charge >= 0.3 is 0 Å². The molecule has 1 N–H and O–H groups in total. The molecule has 3 rings (SSSR count). The van der Waals surface area contributed by atoms with Crippen molar-refractivity contribution < 1.29 is 19.1 Å². The van der Waals surface area contributed by atoms with E-state index in [0.29, 0.717) is 27.9 Å². The van der Waals surface area contributed by atoms with Gasteiger partial charge in [0.1, 0.15) is 6.54 Å². The lowest BCUT2D eigenvalue weighted by atomic mass is 10.2. The number of anilines is 2. The Morgan fingerprint density at radius 2 is 1.83 bits per heavy atom. The SMILES string of the molecule is CC(=O)N(CC(=O)Nc1ccc(Cl)cc1)c1ccc2c(c1)OCO2. The Kier molecular flexibility index (Phi) is 4.57. The highest BCUT2D eigenvalue weighted by Crippen LogP contribution is 2.35. The van der Waals surface area contributed by atoms with Gasteiger partial charge in [0.25, 0.3) is 0 Å². The summed E-state index contributed by atoms with van der Waals surface area (Å²) >= 11 is 5.81. The number of amides is 2. The van der Waals surface area contributed by atoms with Crippen molar-refractivity contribution in [2.24, 2.45) is 0 Å². The molecule has 1 aliphatic heterocycles. The Labute approximate surface area is 143 Å². The fraction of sp³-hybridized carbons (Fsp3) is 0.176. The molecular formula is C17H15ClN2O4. The van der Waals surface area contributed by atoms with E-state index in [1.807, 2.05) is 0 Å². The zero-order chi connectivity index (χ0) is 17.1. The summed E-state index contributed by atoms with van der Waals surface area (Å²) in [6.45, 7) is 1.44. The number of rotatable bonds is 4. The molecule has 0 fully saturated rings. The molecule has 1 heterocycles. The van der Waals surface area contributed by atoms with Crippen LogP contribution in [0.15, 0.2) is 42.5 Å². The van der Waals surface area contributed by atoms with Gasteiger partial charge in [0.15, 0.2) is 11.5 Å². The Morgan fingerprint density at radius 3 is 2.54 bits per heavy atom. The van der Waals surface area contributed by atoms with Gasteiger partial charge in [0, 0.05) is 29.4 Å². The summed E-state index contributed by atoms with van der Waals surface area (Å²) in [5.74, 6) is 0.607. The average Bonchev–Trinajstić information content (AvgIpc) is 3.02. The van der Waals surface area contributed by atoms with E-state index in [-0.39, 0.29) is 25.2 Å². The van der Waals surface area contributed by atoms with Crippen molar-refractivity contribution in [2.75, 3.05) is 23.6 Å². The Morgan fingerprint density at radius 1 is 1.12 bits per heavy atom. The number of carbonyl (C=O) groups excluding carboxylic acids is 2. The van der Waals surface area contributed by atoms with Crippen LogP contribution < -0.4 is 19.7 Å².